The Labute approximate surface area is 169 Å². The number of hydroxylamine groups is 2. The summed E-state index contributed by atoms with van der Waals surface area (Å²) in [5, 5.41) is 9.66. The Morgan fingerprint density at radius 2 is 2.03 bits per heavy atom. The fourth-order valence-corrected chi connectivity index (χ4v) is 3.98. The quantitative estimate of drug-likeness (QED) is 0.556. The van der Waals surface area contributed by atoms with E-state index in [9.17, 15) is 14.8 Å². The van der Waals surface area contributed by atoms with Crippen molar-refractivity contribution >= 4 is 11.9 Å². The molecule has 7 nitrogen and oxygen atoms in total. The molecule has 1 aliphatic heterocycles. The molecule has 1 aliphatic carbocycles. The summed E-state index contributed by atoms with van der Waals surface area (Å²) in [5.41, 5.74) is 8.01. The molecule has 3 N–H and O–H groups in total. The number of ether oxygens (including phenoxy) is 1. The largest absolute Gasteiger partial charge is 0.492 e. The Kier molecular flexibility index (Phi) is 5.40. The van der Waals surface area contributed by atoms with Crippen molar-refractivity contribution in [3.05, 3.63) is 65.2 Å². The van der Waals surface area contributed by atoms with Gasteiger partial charge >= 0.3 is 6.03 Å². The minimum absolute atomic E-state index is 0.0247. The van der Waals surface area contributed by atoms with E-state index in [4.69, 9.17) is 10.5 Å². The number of nitrogens with two attached hydrogens (primary N) is 1. The van der Waals surface area contributed by atoms with Crippen LogP contribution in [-0.4, -0.2) is 53.3 Å². The van der Waals surface area contributed by atoms with Gasteiger partial charge in [0.15, 0.2) is 0 Å². The zero-order valence-electron chi connectivity index (χ0n) is 16.2. The van der Waals surface area contributed by atoms with Crippen LogP contribution in [0.2, 0.25) is 0 Å². The SMILES string of the molecule is NC(=O)N(O)CCOc1ccc2c(c1)CCN(C[C@@H]1C[C@H]1c1ccccc1)C2=O. The summed E-state index contributed by atoms with van der Waals surface area (Å²) >= 11 is 0. The number of rotatable bonds is 7. The van der Waals surface area contributed by atoms with Crippen LogP contribution in [0.3, 0.4) is 0 Å². The van der Waals surface area contributed by atoms with Gasteiger partial charge in [0.1, 0.15) is 12.4 Å². The molecule has 29 heavy (non-hydrogen) atoms. The number of nitrogens with zero attached hydrogens (tertiary/aromatic N) is 2. The predicted octanol–water partition coefficient (Wildman–Crippen LogP) is 2.64. The van der Waals surface area contributed by atoms with E-state index in [1.165, 1.54) is 5.56 Å². The average molecular weight is 395 g/mol. The van der Waals surface area contributed by atoms with E-state index < -0.39 is 6.03 Å². The van der Waals surface area contributed by atoms with Gasteiger partial charge in [-0.15, -0.1) is 0 Å². The highest BCUT2D eigenvalue weighted by molar-refractivity contribution is 5.97. The second kappa shape index (κ2) is 8.13. The van der Waals surface area contributed by atoms with Crippen LogP contribution in [0, 0.1) is 5.92 Å². The molecule has 2 aliphatic rings. The smallest absolute Gasteiger partial charge is 0.338 e. The molecule has 3 amide bonds. The molecule has 0 unspecified atom stereocenters. The second-order valence-electron chi connectivity index (χ2n) is 7.64. The van der Waals surface area contributed by atoms with Crippen LogP contribution >= 0.6 is 0 Å². The number of benzene rings is 2. The lowest BCUT2D eigenvalue weighted by Crippen LogP contribution is -2.39. The van der Waals surface area contributed by atoms with Crippen molar-refractivity contribution in [3.63, 3.8) is 0 Å². The molecule has 0 spiro atoms. The Morgan fingerprint density at radius 1 is 1.24 bits per heavy atom. The van der Waals surface area contributed by atoms with E-state index in [1.54, 1.807) is 12.1 Å². The van der Waals surface area contributed by atoms with Crippen LogP contribution in [0.5, 0.6) is 5.75 Å². The molecule has 1 fully saturated rings. The van der Waals surface area contributed by atoms with Crippen molar-refractivity contribution in [1.29, 1.82) is 0 Å². The van der Waals surface area contributed by atoms with Crippen molar-refractivity contribution < 1.29 is 19.5 Å². The molecular weight excluding hydrogens is 370 g/mol. The Balaban J connectivity index is 1.33. The molecule has 0 bridgehead atoms. The Hall–Kier alpha value is -3.06. The van der Waals surface area contributed by atoms with Gasteiger partial charge in [-0.25, -0.2) is 9.86 Å². The highest BCUT2D eigenvalue weighted by Crippen LogP contribution is 2.48. The van der Waals surface area contributed by atoms with Crippen LogP contribution < -0.4 is 10.5 Å². The Morgan fingerprint density at radius 3 is 2.79 bits per heavy atom. The van der Waals surface area contributed by atoms with Gasteiger partial charge in [-0.3, -0.25) is 10.0 Å². The first-order valence-corrected chi connectivity index (χ1v) is 9.88. The normalized spacial score (nSPS) is 20.2. The number of urea groups is 1. The summed E-state index contributed by atoms with van der Waals surface area (Å²) in [6, 6.07) is 15.0. The maximum absolute atomic E-state index is 12.9. The number of carbonyl (C=O) groups is 2. The van der Waals surface area contributed by atoms with Gasteiger partial charge in [0, 0.05) is 18.7 Å². The summed E-state index contributed by atoms with van der Waals surface area (Å²) in [7, 11) is 0. The number of hydrogen-bond acceptors (Lipinski definition) is 4. The third-order valence-corrected chi connectivity index (χ3v) is 5.68. The van der Waals surface area contributed by atoms with E-state index in [2.05, 4.69) is 24.3 Å². The monoisotopic (exact) mass is 395 g/mol. The third kappa shape index (κ3) is 4.35. The fraction of sp³-hybridized carbons (Fsp3) is 0.364. The van der Waals surface area contributed by atoms with E-state index in [1.807, 2.05) is 17.0 Å². The Bertz CT molecular complexity index is 902. The maximum Gasteiger partial charge on any atom is 0.338 e. The van der Waals surface area contributed by atoms with Gasteiger partial charge < -0.3 is 15.4 Å². The maximum atomic E-state index is 12.9. The molecular formula is C22H25N3O4. The van der Waals surface area contributed by atoms with Crippen LogP contribution in [0.4, 0.5) is 4.79 Å². The molecule has 1 heterocycles. The van der Waals surface area contributed by atoms with Crippen LogP contribution in [0.15, 0.2) is 48.5 Å². The lowest BCUT2D eigenvalue weighted by molar-refractivity contribution is -0.0464. The van der Waals surface area contributed by atoms with Gasteiger partial charge in [0.2, 0.25) is 0 Å². The van der Waals surface area contributed by atoms with E-state index in [0.29, 0.717) is 29.2 Å². The molecule has 4 rings (SSSR count). The van der Waals surface area contributed by atoms with Crippen molar-refractivity contribution in [2.45, 2.75) is 18.8 Å². The molecule has 2 aromatic rings. The molecule has 2 atom stereocenters. The number of amides is 3. The van der Waals surface area contributed by atoms with Crippen LogP contribution in [0.1, 0.15) is 33.8 Å². The van der Waals surface area contributed by atoms with Gasteiger partial charge in [0.25, 0.3) is 5.91 Å². The fourth-order valence-electron chi connectivity index (χ4n) is 3.98. The van der Waals surface area contributed by atoms with Gasteiger partial charge in [-0.05, 0) is 54.0 Å². The standard InChI is InChI=1S/C22H25N3O4/c23-22(27)25(28)10-11-29-18-6-7-19-16(12-18)8-9-24(21(19)26)14-17-13-20(17)15-4-2-1-3-5-15/h1-7,12,17,20,28H,8-11,13-14H2,(H2,23,27)/t17-,20-/m0/s1. The van der Waals surface area contributed by atoms with Gasteiger partial charge in [-0.2, -0.15) is 0 Å². The zero-order chi connectivity index (χ0) is 20.4. The minimum Gasteiger partial charge on any atom is -0.492 e. The first-order chi connectivity index (χ1) is 14.0. The van der Waals surface area contributed by atoms with Crippen LogP contribution in [-0.2, 0) is 6.42 Å². The van der Waals surface area contributed by atoms with Crippen molar-refractivity contribution in [2.24, 2.45) is 11.7 Å². The summed E-state index contributed by atoms with van der Waals surface area (Å²) in [4.78, 5) is 25.7. The predicted molar refractivity (Wildman–Crippen MR) is 107 cm³/mol. The summed E-state index contributed by atoms with van der Waals surface area (Å²) in [5.74, 6) is 1.78. The van der Waals surface area contributed by atoms with E-state index in [0.717, 1.165) is 30.5 Å². The average Bonchev–Trinajstić information content (AvgIpc) is 3.50. The molecule has 0 radical (unpaired) electrons. The lowest BCUT2D eigenvalue weighted by Gasteiger charge is -2.29. The summed E-state index contributed by atoms with van der Waals surface area (Å²) < 4.78 is 5.56. The van der Waals surface area contributed by atoms with E-state index in [-0.39, 0.29) is 19.1 Å². The molecule has 2 aromatic carbocycles. The van der Waals surface area contributed by atoms with Crippen molar-refractivity contribution in [2.75, 3.05) is 26.2 Å². The highest BCUT2D eigenvalue weighted by atomic mass is 16.5. The van der Waals surface area contributed by atoms with Gasteiger partial charge in [-0.1, -0.05) is 30.3 Å². The second-order valence-corrected chi connectivity index (χ2v) is 7.64. The van der Waals surface area contributed by atoms with Crippen molar-refractivity contribution in [3.8, 4) is 5.75 Å². The number of hydrogen-bond donors (Lipinski definition) is 2. The molecule has 0 saturated heterocycles. The van der Waals surface area contributed by atoms with Crippen LogP contribution in [0.25, 0.3) is 0 Å². The number of fused-ring (bicyclic) bond motifs is 1. The molecule has 0 aromatic heterocycles. The molecule has 1 saturated carbocycles. The van der Waals surface area contributed by atoms with E-state index >= 15 is 0 Å². The molecule has 152 valence electrons. The van der Waals surface area contributed by atoms with Crippen molar-refractivity contribution in [1.82, 2.24) is 9.96 Å². The minimum atomic E-state index is -0.921. The van der Waals surface area contributed by atoms with Gasteiger partial charge in [0.05, 0.1) is 6.54 Å². The zero-order valence-corrected chi connectivity index (χ0v) is 16.2. The first-order valence-electron chi connectivity index (χ1n) is 9.88. The summed E-state index contributed by atoms with van der Waals surface area (Å²) in [6.07, 6.45) is 1.93. The molecule has 7 heteroatoms. The summed E-state index contributed by atoms with van der Waals surface area (Å²) in [6.45, 7) is 1.60. The highest BCUT2D eigenvalue weighted by Gasteiger charge is 2.40. The third-order valence-electron chi connectivity index (χ3n) is 5.68. The number of carbonyl (C=O) groups excluding carboxylic acids is 2. The lowest BCUT2D eigenvalue weighted by atomic mass is 9.98. The number of primary amides is 1. The topological polar surface area (TPSA) is 96.1 Å². The first kappa shape index (κ1) is 19.3.